The van der Waals surface area contributed by atoms with Crippen LogP contribution in [-0.4, -0.2) is 31.8 Å². The van der Waals surface area contributed by atoms with Gasteiger partial charge in [-0.3, -0.25) is 15.0 Å². The highest BCUT2D eigenvalue weighted by Gasteiger charge is 2.43. The summed E-state index contributed by atoms with van der Waals surface area (Å²) in [4.78, 5) is 16.0. The zero-order valence-corrected chi connectivity index (χ0v) is 12.6. The summed E-state index contributed by atoms with van der Waals surface area (Å²) >= 11 is 1.87. The summed E-state index contributed by atoms with van der Waals surface area (Å²) in [6.07, 6.45) is 5.56. The van der Waals surface area contributed by atoms with E-state index in [1.165, 1.54) is 5.56 Å². The molecular weight excluding hydrogens is 280 g/mol. The predicted octanol–water partition coefficient (Wildman–Crippen LogP) is 3.07. The molecule has 0 unspecified atom stereocenters. The molecule has 4 rings (SSSR count). The van der Waals surface area contributed by atoms with E-state index in [1.807, 2.05) is 42.5 Å². The molecule has 4 nitrogen and oxygen atoms in total. The van der Waals surface area contributed by atoms with E-state index in [0.29, 0.717) is 5.25 Å². The topological polar surface area (TPSA) is 41.4 Å². The fourth-order valence-corrected chi connectivity index (χ4v) is 4.13. The van der Waals surface area contributed by atoms with Crippen molar-refractivity contribution in [3.05, 3.63) is 60.2 Å². The minimum atomic E-state index is 0.0728. The molecule has 0 aromatic carbocycles. The summed E-state index contributed by atoms with van der Waals surface area (Å²) in [7, 11) is 0. The number of thioether (sulfide) groups is 1. The van der Waals surface area contributed by atoms with Gasteiger partial charge in [0.25, 0.3) is 0 Å². The second kappa shape index (κ2) is 5.15. The van der Waals surface area contributed by atoms with E-state index in [0.717, 1.165) is 17.4 Å². The largest absolute Gasteiger partial charge is 0.341 e. The number of pyridine rings is 2. The highest BCUT2D eigenvalue weighted by molar-refractivity contribution is 8.14. The first-order valence-electron chi connectivity index (χ1n) is 7.15. The molecule has 2 aliphatic rings. The van der Waals surface area contributed by atoms with E-state index in [1.54, 1.807) is 0 Å². The molecule has 0 N–H and O–H groups in total. The summed E-state index contributed by atoms with van der Waals surface area (Å²) in [6, 6.07) is 10.5. The van der Waals surface area contributed by atoms with E-state index in [4.69, 9.17) is 4.99 Å². The predicted molar refractivity (Wildman–Crippen MR) is 85.2 cm³/mol. The first kappa shape index (κ1) is 12.8. The standard InChI is InChI=1S/C16H16N4S/c1-11-10-20-15(12-5-8-17-9-6-12)14(19-16(20)21-11)13-4-2-3-7-18-13/h2-9,11,14-15H,10H2,1H3/t11-,14+,15-/m1/s1. The fraction of sp³-hybridized carbons (Fsp3) is 0.312. The number of aliphatic imine (C=N–C) groups is 1. The van der Waals surface area contributed by atoms with Crippen molar-refractivity contribution >= 4 is 16.9 Å². The number of fused-ring (bicyclic) bond motifs is 1. The maximum atomic E-state index is 4.95. The van der Waals surface area contributed by atoms with Gasteiger partial charge in [0.2, 0.25) is 0 Å². The van der Waals surface area contributed by atoms with Crippen LogP contribution in [-0.2, 0) is 0 Å². The van der Waals surface area contributed by atoms with Gasteiger partial charge in [-0.15, -0.1) is 0 Å². The average molecular weight is 296 g/mol. The van der Waals surface area contributed by atoms with Crippen molar-refractivity contribution in [2.75, 3.05) is 6.54 Å². The molecule has 0 amide bonds. The number of aromatic nitrogens is 2. The van der Waals surface area contributed by atoms with Crippen molar-refractivity contribution in [3.63, 3.8) is 0 Å². The van der Waals surface area contributed by atoms with Crippen LogP contribution in [0.3, 0.4) is 0 Å². The van der Waals surface area contributed by atoms with Gasteiger partial charge in [0.15, 0.2) is 5.17 Å². The van der Waals surface area contributed by atoms with Gasteiger partial charge in [0.05, 0.1) is 11.7 Å². The molecule has 106 valence electrons. The minimum absolute atomic E-state index is 0.0728. The van der Waals surface area contributed by atoms with Gasteiger partial charge in [-0.05, 0) is 29.8 Å². The SMILES string of the molecule is C[C@@H]1CN2C(=N[C@@H](c3ccccn3)[C@H]2c2ccncc2)S1. The van der Waals surface area contributed by atoms with E-state index in [-0.39, 0.29) is 12.1 Å². The molecular formula is C16H16N4S. The molecule has 2 aromatic rings. The van der Waals surface area contributed by atoms with Gasteiger partial charge >= 0.3 is 0 Å². The van der Waals surface area contributed by atoms with E-state index < -0.39 is 0 Å². The van der Waals surface area contributed by atoms with E-state index >= 15 is 0 Å². The number of hydrogen-bond donors (Lipinski definition) is 0. The van der Waals surface area contributed by atoms with Crippen LogP contribution in [0.5, 0.6) is 0 Å². The lowest BCUT2D eigenvalue weighted by molar-refractivity contribution is 0.321. The first-order valence-corrected chi connectivity index (χ1v) is 8.03. The quantitative estimate of drug-likeness (QED) is 0.854. The maximum Gasteiger partial charge on any atom is 0.160 e. The zero-order valence-electron chi connectivity index (χ0n) is 11.8. The third-order valence-corrected chi connectivity index (χ3v) is 5.03. The van der Waals surface area contributed by atoms with Crippen LogP contribution >= 0.6 is 11.8 Å². The Balaban J connectivity index is 1.77. The van der Waals surface area contributed by atoms with Gasteiger partial charge < -0.3 is 4.90 Å². The molecule has 5 heteroatoms. The van der Waals surface area contributed by atoms with Gasteiger partial charge in [0.1, 0.15) is 6.04 Å². The van der Waals surface area contributed by atoms with Gasteiger partial charge in [-0.25, -0.2) is 0 Å². The lowest BCUT2D eigenvalue weighted by atomic mass is 9.97. The van der Waals surface area contributed by atoms with Crippen molar-refractivity contribution < 1.29 is 0 Å². The summed E-state index contributed by atoms with van der Waals surface area (Å²) < 4.78 is 0. The Morgan fingerprint density at radius 3 is 2.76 bits per heavy atom. The summed E-state index contributed by atoms with van der Waals surface area (Å²) in [6.45, 7) is 3.30. The Hall–Kier alpha value is -1.88. The second-order valence-electron chi connectivity index (χ2n) is 5.42. The van der Waals surface area contributed by atoms with Crippen molar-refractivity contribution in [1.29, 1.82) is 0 Å². The fourth-order valence-electron chi connectivity index (χ4n) is 3.04. The zero-order chi connectivity index (χ0) is 14.2. The van der Waals surface area contributed by atoms with Crippen molar-refractivity contribution in [1.82, 2.24) is 14.9 Å². The van der Waals surface area contributed by atoms with Crippen LogP contribution in [0.25, 0.3) is 0 Å². The van der Waals surface area contributed by atoms with Crippen molar-refractivity contribution in [3.8, 4) is 0 Å². The molecule has 0 saturated carbocycles. The number of hydrogen-bond acceptors (Lipinski definition) is 5. The Morgan fingerprint density at radius 1 is 1.14 bits per heavy atom. The third-order valence-electron chi connectivity index (χ3n) is 3.93. The summed E-state index contributed by atoms with van der Waals surface area (Å²) in [5.74, 6) is 0. The molecule has 1 fully saturated rings. The lowest BCUT2D eigenvalue weighted by Gasteiger charge is -2.27. The van der Waals surface area contributed by atoms with Gasteiger partial charge in [-0.2, -0.15) is 0 Å². The first-order chi connectivity index (χ1) is 10.3. The van der Waals surface area contributed by atoms with Crippen LogP contribution in [0.1, 0.15) is 30.3 Å². The molecule has 3 atom stereocenters. The van der Waals surface area contributed by atoms with E-state index in [9.17, 15) is 0 Å². The number of nitrogens with zero attached hydrogens (tertiary/aromatic N) is 4. The molecule has 2 aromatic heterocycles. The number of amidine groups is 1. The summed E-state index contributed by atoms with van der Waals surface area (Å²) in [5, 5.41) is 1.75. The van der Waals surface area contributed by atoms with Crippen LogP contribution < -0.4 is 0 Å². The highest BCUT2D eigenvalue weighted by Crippen LogP contribution is 2.47. The van der Waals surface area contributed by atoms with Gasteiger partial charge in [-0.1, -0.05) is 24.8 Å². The Morgan fingerprint density at radius 2 is 2.00 bits per heavy atom. The molecule has 0 spiro atoms. The molecule has 0 bridgehead atoms. The van der Waals surface area contributed by atoms with Crippen molar-refractivity contribution in [2.24, 2.45) is 4.99 Å². The normalized spacial score (nSPS) is 27.6. The van der Waals surface area contributed by atoms with Crippen LogP contribution in [0.15, 0.2) is 53.9 Å². The van der Waals surface area contributed by atoms with Gasteiger partial charge in [0, 0.05) is 30.4 Å². The van der Waals surface area contributed by atoms with Crippen LogP contribution in [0.2, 0.25) is 0 Å². The molecule has 1 saturated heterocycles. The second-order valence-corrected chi connectivity index (χ2v) is 6.82. The Labute approximate surface area is 128 Å². The molecule has 21 heavy (non-hydrogen) atoms. The van der Waals surface area contributed by atoms with E-state index in [2.05, 4.69) is 40.0 Å². The Bertz CT molecular complexity index is 658. The smallest absolute Gasteiger partial charge is 0.160 e. The number of rotatable bonds is 2. The highest BCUT2D eigenvalue weighted by atomic mass is 32.2. The van der Waals surface area contributed by atoms with Crippen molar-refractivity contribution in [2.45, 2.75) is 24.3 Å². The monoisotopic (exact) mass is 296 g/mol. The minimum Gasteiger partial charge on any atom is -0.341 e. The molecule has 4 heterocycles. The maximum absolute atomic E-state index is 4.95. The average Bonchev–Trinajstić information content (AvgIpc) is 3.05. The summed E-state index contributed by atoms with van der Waals surface area (Å²) in [5.41, 5.74) is 2.29. The molecule has 0 aliphatic carbocycles. The third kappa shape index (κ3) is 2.21. The molecule has 2 aliphatic heterocycles. The Kier molecular flexibility index (Phi) is 3.15. The van der Waals surface area contributed by atoms with Crippen LogP contribution in [0, 0.1) is 0 Å². The van der Waals surface area contributed by atoms with Crippen LogP contribution in [0.4, 0.5) is 0 Å². The molecule has 0 radical (unpaired) electrons. The lowest BCUT2D eigenvalue weighted by Crippen LogP contribution is -2.28.